The first-order chi connectivity index (χ1) is 9.31. The Labute approximate surface area is 122 Å². The number of nitrogens with zero attached hydrogens (tertiary/aromatic N) is 3. The molecule has 2 N–H and O–H groups in total. The van der Waals surface area contributed by atoms with E-state index in [1.54, 1.807) is 14.0 Å². The van der Waals surface area contributed by atoms with Crippen molar-refractivity contribution in [2.75, 3.05) is 46.3 Å². The van der Waals surface area contributed by atoms with E-state index in [0.29, 0.717) is 0 Å². The van der Waals surface area contributed by atoms with Crippen LogP contribution >= 0.6 is 0 Å². The van der Waals surface area contributed by atoms with Gasteiger partial charge in [0.2, 0.25) is 5.91 Å². The number of hydrogen-bond acceptors (Lipinski definition) is 3. The van der Waals surface area contributed by atoms with Crippen molar-refractivity contribution in [3.8, 4) is 0 Å². The summed E-state index contributed by atoms with van der Waals surface area (Å²) in [6.07, 6.45) is 0. The smallest absolute Gasteiger partial charge is 0.219 e. The van der Waals surface area contributed by atoms with Crippen LogP contribution in [0.4, 0.5) is 0 Å². The van der Waals surface area contributed by atoms with Gasteiger partial charge in [0.25, 0.3) is 0 Å². The van der Waals surface area contributed by atoms with E-state index in [1.807, 2.05) is 4.90 Å². The van der Waals surface area contributed by atoms with E-state index in [1.165, 1.54) is 0 Å². The average Bonchev–Trinajstić information content (AvgIpc) is 2.36. The second-order valence-electron chi connectivity index (χ2n) is 6.22. The molecule has 1 aliphatic heterocycles. The summed E-state index contributed by atoms with van der Waals surface area (Å²) in [5.41, 5.74) is 0.00889. The molecular formula is C14H29N5O. The van der Waals surface area contributed by atoms with Crippen molar-refractivity contribution in [1.82, 2.24) is 20.4 Å². The van der Waals surface area contributed by atoms with E-state index < -0.39 is 0 Å². The van der Waals surface area contributed by atoms with Crippen molar-refractivity contribution in [3.05, 3.63) is 0 Å². The summed E-state index contributed by atoms with van der Waals surface area (Å²) in [7, 11) is 1.78. The van der Waals surface area contributed by atoms with E-state index >= 15 is 0 Å². The summed E-state index contributed by atoms with van der Waals surface area (Å²) in [6, 6.07) is 0. The molecule has 1 amide bonds. The monoisotopic (exact) mass is 283 g/mol. The molecule has 1 fully saturated rings. The summed E-state index contributed by atoms with van der Waals surface area (Å²) in [6.45, 7) is 13.4. The lowest BCUT2D eigenvalue weighted by molar-refractivity contribution is -0.130. The fourth-order valence-electron chi connectivity index (χ4n) is 2.15. The summed E-state index contributed by atoms with van der Waals surface area (Å²) in [4.78, 5) is 19.7. The first-order valence-corrected chi connectivity index (χ1v) is 7.28. The molecule has 116 valence electrons. The van der Waals surface area contributed by atoms with Gasteiger partial charge in [-0.2, -0.15) is 0 Å². The minimum absolute atomic E-state index is 0.00889. The van der Waals surface area contributed by atoms with Crippen LogP contribution in [0.15, 0.2) is 4.99 Å². The predicted molar refractivity (Wildman–Crippen MR) is 82.9 cm³/mol. The number of piperazine rings is 1. The maximum atomic E-state index is 11.3. The van der Waals surface area contributed by atoms with E-state index in [0.717, 1.165) is 45.2 Å². The molecular weight excluding hydrogens is 254 g/mol. The number of hydrogen-bond donors (Lipinski definition) is 2. The van der Waals surface area contributed by atoms with Crippen LogP contribution in [0.2, 0.25) is 0 Å². The molecule has 1 aliphatic rings. The third kappa shape index (κ3) is 6.23. The molecule has 0 atom stereocenters. The zero-order valence-electron chi connectivity index (χ0n) is 13.5. The molecule has 20 heavy (non-hydrogen) atoms. The van der Waals surface area contributed by atoms with Crippen molar-refractivity contribution in [1.29, 1.82) is 0 Å². The van der Waals surface area contributed by atoms with Crippen molar-refractivity contribution in [2.45, 2.75) is 33.2 Å². The molecule has 0 aromatic carbocycles. The molecule has 1 saturated heterocycles. The fraction of sp³-hybridized carbons (Fsp3) is 0.857. The van der Waals surface area contributed by atoms with Gasteiger partial charge in [-0.3, -0.25) is 14.7 Å². The van der Waals surface area contributed by atoms with Gasteiger partial charge in [-0.25, -0.2) is 0 Å². The highest BCUT2D eigenvalue weighted by Gasteiger charge is 2.18. The Bertz CT molecular complexity index is 340. The molecule has 0 aromatic rings. The summed E-state index contributed by atoms with van der Waals surface area (Å²) in [5, 5.41) is 6.66. The molecule has 1 heterocycles. The second kappa shape index (κ2) is 7.47. The van der Waals surface area contributed by atoms with Crippen LogP contribution < -0.4 is 10.6 Å². The van der Waals surface area contributed by atoms with Crippen LogP contribution in [0.25, 0.3) is 0 Å². The minimum atomic E-state index is 0.00889. The van der Waals surface area contributed by atoms with Gasteiger partial charge in [0, 0.05) is 58.8 Å². The molecule has 0 aromatic heterocycles. The Morgan fingerprint density at radius 2 is 1.80 bits per heavy atom. The van der Waals surface area contributed by atoms with Gasteiger partial charge in [0.15, 0.2) is 5.96 Å². The zero-order chi connectivity index (χ0) is 15.2. The molecule has 6 nitrogen and oxygen atoms in total. The Hall–Kier alpha value is -1.30. The van der Waals surface area contributed by atoms with Gasteiger partial charge >= 0.3 is 0 Å². The highest BCUT2D eigenvalue weighted by Crippen LogP contribution is 2.01. The standard InChI is InChI=1S/C14H29N5O/c1-12(20)19-10-8-18(9-11-19)7-6-16-13(15-5)17-14(2,3)4/h6-11H2,1-5H3,(H2,15,16,17). The molecule has 0 saturated carbocycles. The SMILES string of the molecule is CN=C(NCCN1CCN(C(C)=O)CC1)NC(C)(C)C. The van der Waals surface area contributed by atoms with E-state index in [9.17, 15) is 4.79 Å². The fourth-order valence-corrected chi connectivity index (χ4v) is 2.15. The highest BCUT2D eigenvalue weighted by atomic mass is 16.2. The maximum Gasteiger partial charge on any atom is 0.219 e. The van der Waals surface area contributed by atoms with Gasteiger partial charge in [-0.05, 0) is 20.8 Å². The quantitative estimate of drug-likeness (QED) is 0.570. The van der Waals surface area contributed by atoms with Crippen LogP contribution in [-0.2, 0) is 4.79 Å². The molecule has 0 aliphatic carbocycles. The normalized spacial score (nSPS) is 18.1. The third-order valence-electron chi connectivity index (χ3n) is 3.26. The van der Waals surface area contributed by atoms with Gasteiger partial charge in [0.05, 0.1) is 0 Å². The number of carbonyl (C=O) groups excluding carboxylic acids is 1. The lowest BCUT2D eigenvalue weighted by Crippen LogP contribution is -2.52. The summed E-state index contributed by atoms with van der Waals surface area (Å²) >= 11 is 0. The van der Waals surface area contributed by atoms with Crippen molar-refractivity contribution < 1.29 is 4.79 Å². The first kappa shape index (κ1) is 16.8. The Kier molecular flexibility index (Phi) is 6.26. The topological polar surface area (TPSA) is 60.0 Å². The lowest BCUT2D eigenvalue weighted by atomic mass is 10.1. The molecule has 0 spiro atoms. The van der Waals surface area contributed by atoms with E-state index in [-0.39, 0.29) is 11.4 Å². The Morgan fingerprint density at radius 3 is 2.25 bits per heavy atom. The predicted octanol–water partition coefficient (Wildman–Crippen LogP) is 0.114. The largest absolute Gasteiger partial charge is 0.355 e. The Balaban J connectivity index is 2.23. The van der Waals surface area contributed by atoms with Crippen LogP contribution in [-0.4, -0.2) is 73.5 Å². The van der Waals surface area contributed by atoms with Crippen molar-refractivity contribution in [3.63, 3.8) is 0 Å². The summed E-state index contributed by atoms with van der Waals surface area (Å²) in [5.74, 6) is 1.01. The molecule has 0 bridgehead atoms. The van der Waals surface area contributed by atoms with Crippen molar-refractivity contribution in [2.24, 2.45) is 4.99 Å². The molecule has 1 rings (SSSR count). The number of nitrogens with one attached hydrogen (secondary N) is 2. The van der Waals surface area contributed by atoms with E-state index in [2.05, 4.69) is 41.3 Å². The zero-order valence-corrected chi connectivity index (χ0v) is 13.5. The van der Waals surface area contributed by atoms with Crippen LogP contribution in [0, 0.1) is 0 Å². The number of rotatable bonds is 3. The van der Waals surface area contributed by atoms with Gasteiger partial charge in [0.1, 0.15) is 0 Å². The summed E-state index contributed by atoms with van der Waals surface area (Å²) < 4.78 is 0. The van der Waals surface area contributed by atoms with Crippen molar-refractivity contribution >= 4 is 11.9 Å². The van der Waals surface area contributed by atoms with Crippen LogP contribution in [0.5, 0.6) is 0 Å². The van der Waals surface area contributed by atoms with E-state index in [4.69, 9.17) is 0 Å². The average molecular weight is 283 g/mol. The minimum Gasteiger partial charge on any atom is -0.355 e. The number of carbonyl (C=O) groups is 1. The highest BCUT2D eigenvalue weighted by molar-refractivity contribution is 5.80. The second-order valence-corrected chi connectivity index (χ2v) is 6.22. The first-order valence-electron chi connectivity index (χ1n) is 7.28. The van der Waals surface area contributed by atoms with Gasteiger partial charge in [-0.1, -0.05) is 0 Å². The molecule has 0 unspecified atom stereocenters. The maximum absolute atomic E-state index is 11.3. The Morgan fingerprint density at radius 1 is 1.20 bits per heavy atom. The molecule has 0 radical (unpaired) electrons. The van der Waals surface area contributed by atoms with Crippen LogP contribution in [0.1, 0.15) is 27.7 Å². The number of amides is 1. The van der Waals surface area contributed by atoms with Gasteiger partial charge in [-0.15, -0.1) is 0 Å². The third-order valence-corrected chi connectivity index (χ3v) is 3.26. The lowest BCUT2D eigenvalue weighted by Gasteiger charge is -2.34. The number of aliphatic imine (C=N–C) groups is 1. The number of guanidine groups is 1. The van der Waals surface area contributed by atoms with Crippen LogP contribution in [0.3, 0.4) is 0 Å². The molecule has 6 heteroatoms. The van der Waals surface area contributed by atoms with Gasteiger partial charge < -0.3 is 15.5 Å².